The van der Waals surface area contributed by atoms with Gasteiger partial charge in [0, 0.05) is 31.4 Å². The molecule has 21 heavy (non-hydrogen) atoms. The van der Waals surface area contributed by atoms with E-state index in [0.29, 0.717) is 5.95 Å². The molecule has 0 fully saturated rings. The average Bonchev–Trinajstić information content (AvgIpc) is 2.46. The van der Waals surface area contributed by atoms with Crippen LogP contribution in [-0.4, -0.2) is 23.1 Å². The van der Waals surface area contributed by atoms with Gasteiger partial charge in [-0.3, -0.25) is 0 Å². The van der Waals surface area contributed by atoms with Crippen molar-refractivity contribution in [3.05, 3.63) is 47.2 Å². The molecule has 4 heteroatoms. The second-order valence-electron chi connectivity index (χ2n) is 5.21. The third-order valence-corrected chi connectivity index (χ3v) is 3.46. The third kappa shape index (κ3) is 4.18. The van der Waals surface area contributed by atoms with Crippen molar-refractivity contribution in [1.82, 2.24) is 9.97 Å². The molecule has 1 heterocycles. The molecule has 2 rings (SSSR count). The van der Waals surface area contributed by atoms with Crippen molar-refractivity contribution in [2.45, 2.75) is 34.2 Å². The van der Waals surface area contributed by atoms with E-state index in [4.69, 9.17) is 0 Å². The van der Waals surface area contributed by atoms with Gasteiger partial charge in [-0.25, -0.2) is 4.98 Å². The van der Waals surface area contributed by atoms with E-state index in [0.717, 1.165) is 31.1 Å². The van der Waals surface area contributed by atoms with Crippen molar-refractivity contribution in [3.63, 3.8) is 0 Å². The maximum atomic E-state index is 4.62. The van der Waals surface area contributed by atoms with Gasteiger partial charge in [-0.1, -0.05) is 29.8 Å². The molecule has 0 bridgehead atoms. The molecular formula is C17H24N4. The van der Waals surface area contributed by atoms with Gasteiger partial charge in [0.1, 0.15) is 5.82 Å². The molecule has 1 aromatic heterocycles. The maximum absolute atomic E-state index is 4.62. The first-order valence-corrected chi connectivity index (χ1v) is 7.52. The number of benzene rings is 1. The van der Waals surface area contributed by atoms with Gasteiger partial charge in [0.25, 0.3) is 0 Å². The summed E-state index contributed by atoms with van der Waals surface area (Å²) in [6, 6.07) is 10.5. The second kappa shape index (κ2) is 7.07. The van der Waals surface area contributed by atoms with E-state index in [9.17, 15) is 0 Å². The summed E-state index contributed by atoms with van der Waals surface area (Å²) >= 11 is 0. The number of aryl methyl sites for hydroxylation is 2. The first kappa shape index (κ1) is 15.3. The Kier molecular flexibility index (Phi) is 5.14. The van der Waals surface area contributed by atoms with E-state index in [1.807, 2.05) is 13.0 Å². The maximum Gasteiger partial charge on any atom is 0.225 e. The smallest absolute Gasteiger partial charge is 0.225 e. The van der Waals surface area contributed by atoms with Crippen LogP contribution >= 0.6 is 0 Å². The first-order valence-electron chi connectivity index (χ1n) is 7.52. The van der Waals surface area contributed by atoms with E-state index < -0.39 is 0 Å². The quantitative estimate of drug-likeness (QED) is 0.880. The van der Waals surface area contributed by atoms with Crippen molar-refractivity contribution in [1.29, 1.82) is 0 Å². The summed E-state index contributed by atoms with van der Waals surface area (Å²) in [7, 11) is 0. The normalized spacial score (nSPS) is 10.5. The molecule has 0 spiro atoms. The van der Waals surface area contributed by atoms with Crippen molar-refractivity contribution < 1.29 is 0 Å². The van der Waals surface area contributed by atoms with E-state index in [1.54, 1.807) is 0 Å². The topological polar surface area (TPSA) is 41.1 Å². The molecule has 2 aromatic rings. The highest BCUT2D eigenvalue weighted by molar-refractivity contribution is 5.44. The number of aromatic nitrogens is 2. The predicted molar refractivity (Wildman–Crippen MR) is 88.8 cm³/mol. The molecule has 0 atom stereocenters. The number of hydrogen-bond acceptors (Lipinski definition) is 4. The second-order valence-corrected chi connectivity index (χ2v) is 5.21. The molecule has 0 saturated heterocycles. The zero-order valence-electron chi connectivity index (χ0n) is 13.3. The van der Waals surface area contributed by atoms with E-state index in [-0.39, 0.29) is 0 Å². The average molecular weight is 284 g/mol. The molecule has 4 nitrogen and oxygen atoms in total. The largest absolute Gasteiger partial charge is 0.357 e. The van der Waals surface area contributed by atoms with Gasteiger partial charge < -0.3 is 10.2 Å². The van der Waals surface area contributed by atoms with Crippen LogP contribution in [0.2, 0.25) is 0 Å². The predicted octanol–water partition coefficient (Wildman–Crippen LogP) is 3.55. The Hall–Kier alpha value is -2.10. The van der Waals surface area contributed by atoms with Gasteiger partial charge in [-0.05, 0) is 33.3 Å². The Morgan fingerprint density at radius 2 is 1.81 bits per heavy atom. The molecule has 0 amide bonds. The lowest BCUT2D eigenvalue weighted by Gasteiger charge is -2.20. The van der Waals surface area contributed by atoms with Crippen LogP contribution in [0.5, 0.6) is 0 Å². The molecule has 0 radical (unpaired) electrons. The number of rotatable bonds is 6. The fourth-order valence-electron chi connectivity index (χ4n) is 2.34. The Balaban J connectivity index is 2.13. The lowest BCUT2D eigenvalue weighted by molar-refractivity contribution is 0.838. The summed E-state index contributed by atoms with van der Waals surface area (Å²) in [5.41, 5.74) is 3.49. The van der Waals surface area contributed by atoms with Crippen molar-refractivity contribution >= 4 is 11.8 Å². The van der Waals surface area contributed by atoms with Gasteiger partial charge >= 0.3 is 0 Å². The van der Waals surface area contributed by atoms with Gasteiger partial charge in [0.05, 0.1) is 0 Å². The van der Waals surface area contributed by atoms with Gasteiger partial charge in [0.15, 0.2) is 0 Å². The third-order valence-electron chi connectivity index (χ3n) is 3.46. The highest BCUT2D eigenvalue weighted by Crippen LogP contribution is 2.15. The van der Waals surface area contributed by atoms with Crippen molar-refractivity contribution in [2.75, 3.05) is 23.3 Å². The van der Waals surface area contributed by atoms with E-state index >= 15 is 0 Å². The summed E-state index contributed by atoms with van der Waals surface area (Å²) in [5, 5.41) is 3.32. The van der Waals surface area contributed by atoms with E-state index in [2.05, 4.69) is 65.2 Å². The molecular weight excluding hydrogens is 260 g/mol. The monoisotopic (exact) mass is 284 g/mol. The zero-order valence-corrected chi connectivity index (χ0v) is 13.3. The molecule has 112 valence electrons. The standard InChI is InChI=1S/C17H24N4/c1-5-21(6-2)16-11-14(4)19-17(20-16)18-12-15-9-7-8-13(3)10-15/h7-11H,5-6,12H2,1-4H3,(H,18,19,20). The summed E-state index contributed by atoms with van der Waals surface area (Å²) in [6.07, 6.45) is 0. The minimum Gasteiger partial charge on any atom is -0.357 e. The van der Waals surface area contributed by atoms with Crippen molar-refractivity contribution in [2.24, 2.45) is 0 Å². The van der Waals surface area contributed by atoms with Crippen LogP contribution in [0, 0.1) is 13.8 Å². The zero-order chi connectivity index (χ0) is 15.2. The molecule has 0 unspecified atom stereocenters. The summed E-state index contributed by atoms with van der Waals surface area (Å²) in [5.74, 6) is 1.68. The minimum absolute atomic E-state index is 0.693. The van der Waals surface area contributed by atoms with Gasteiger partial charge in [-0.2, -0.15) is 4.98 Å². The van der Waals surface area contributed by atoms with Crippen LogP contribution in [0.25, 0.3) is 0 Å². The lowest BCUT2D eigenvalue weighted by Crippen LogP contribution is -2.23. The highest BCUT2D eigenvalue weighted by Gasteiger charge is 2.07. The number of hydrogen-bond donors (Lipinski definition) is 1. The lowest BCUT2D eigenvalue weighted by atomic mass is 10.1. The van der Waals surface area contributed by atoms with Crippen LogP contribution in [0.1, 0.15) is 30.7 Å². The van der Waals surface area contributed by atoms with Crippen LogP contribution in [0.4, 0.5) is 11.8 Å². The van der Waals surface area contributed by atoms with Gasteiger partial charge in [-0.15, -0.1) is 0 Å². The van der Waals surface area contributed by atoms with Crippen LogP contribution in [-0.2, 0) is 6.54 Å². The molecule has 0 aliphatic rings. The number of nitrogens with zero attached hydrogens (tertiary/aromatic N) is 3. The minimum atomic E-state index is 0.693. The van der Waals surface area contributed by atoms with Crippen LogP contribution in [0.15, 0.2) is 30.3 Å². The first-order chi connectivity index (χ1) is 10.1. The van der Waals surface area contributed by atoms with Crippen LogP contribution < -0.4 is 10.2 Å². The molecule has 0 saturated carbocycles. The van der Waals surface area contributed by atoms with Crippen molar-refractivity contribution in [3.8, 4) is 0 Å². The van der Waals surface area contributed by atoms with Gasteiger partial charge in [0.2, 0.25) is 5.95 Å². The fourth-order valence-corrected chi connectivity index (χ4v) is 2.34. The summed E-state index contributed by atoms with van der Waals surface area (Å²) in [6.45, 7) is 11.0. The molecule has 0 aliphatic heterocycles. The number of nitrogens with one attached hydrogen (secondary N) is 1. The Bertz CT molecular complexity index is 591. The molecule has 1 aromatic carbocycles. The molecule has 0 aliphatic carbocycles. The van der Waals surface area contributed by atoms with Crippen LogP contribution in [0.3, 0.4) is 0 Å². The van der Waals surface area contributed by atoms with E-state index in [1.165, 1.54) is 11.1 Å². The Morgan fingerprint density at radius 3 is 2.48 bits per heavy atom. The summed E-state index contributed by atoms with van der Waals surface area (Å²) in [4.78, 5) is 11.3. The summed E-state index contributed by atoms with van der Waals surface area (Å²) < 4.78 is 0. The Morgan fingerprint density at radius 1 is 1.05 bits per heavy atom. The Labute approximate surface area is 127 Å². The number of anilines is 2. The molecule has 1 N–H and O–H groups in total. The highest BCUT2D eigenvalue weighted by atomic mass is 15.2. The SMILES string of the molecule is CCN(CC)c1cc(C)nc(NCc2cccc(C)c2)n1. The fraction of sp³-hybridized carbons (Fsp3) is 0.412.